The third-order valence-corrected chi connectivity index (χ3v) is 3.94. The maximum absolute atomic E-state index is 2.69. The Kier molecular flexibility index (Phi) is 2.16. The van der Waals surface area contributed by atoms with Crippen molar-refractivity contribution in [1.29, 1.82) is 0 Å². The lowest BCUT2D eigenvalue weighted by Crippen LogP contribution is -2.60. The normalized spacial score (nSPS) is 41.5. The van der Waals surface area contributed by atoms with Crippen molar-refractivity contribution in [2.45, 2.75) is 52.1 Å². The van der Waals surface area contributed by atoms with Crippen LogP contribution in [0.15, 0.2) is 0 Å². The number of fused-ring (bicyclic) bond motifs is 2. The average Bonchev–Trinajstić information content (AvgIpc) is 2.05. The molecule has 0 aromatic carbocycles. The molecule has 70 valence electrons. The molecule has 3 aliphatic rings. The van der Waals surface area contributed by atoms with Crippen molar-refractivity contribution in [3.8, 4) is 0 Å². The summed E-state index contributed by atoms with van der Waals surface area (Å²) in [4.78, 5) is 2.69. The van der Waals surface area contributed by atoms with Gasteiger partial charge in [0.25, 0.3) is 0 Å². The van der Waals surface area contributed by atoms with Gasteiger partial charge in [0.1, 0.15) is 0 Å². The molecule has 2 atom stereocenters. The minimum Gasteiger partial charge on any atom is -0.298 e. The van der Waals surface area contributed by atoms with Gasteiger partial charge in [0.2, 0.25) is 0 Å². The maximum Gasteiger partial charge on any atom is 0.0116 e. The van der Waals surface area contributed by atoms with Crippen LogP contribution in [0.25, 0.3) is 0 Å². The summed E-state index contributed by atoms with van der Waals surface area (Å²) in [7, 11) is 0. The van der Waals surface area contributed by atoms with Gasteiger partial charge in [-0.25, -0.2) is 0 Å². The zero-order chi connectivity index (χ0) is 8.72. The number of hydrogen-bond acceptors (Lipinski definition) is 1. The predicted molar refractivity (Wildman–Crippen MR) is 52.1 cm³/mol. The SMILES string of the molecule is CCN1C2CC(C(C)C)CC1C2. The minimum absolute atomic E-state index is 0.911. The summed E-state index contributed by atoms with van der Waals surface area (Å²) in [6.45, 7) is 8.34. The Hall–Kier alpha value is -0.0400. The molecular formula is C11H21N. The quantitative estimate of drug-likeness (QED) is 0.611. The molecule has 0 aromatic rings. The number of piperidine rings is 1. The Bertz CT molecular complexity index is 152. The second-order valence-electron chi connectivity index (χ2n) is 4.85. The van der Waals surface area contributed by atoms with Gasteiger partial charge in [-0.2, -0.15) is 0 Å². The molecule has 2 unspecified atom stereocenters. The van der Waals surface area contributed by atoms with E-state index in [1.807, 2.05) is 0 Å². The van der Waals surface area contributed by atoms with Crippen LogP contribution >= 0.6 is 0 Å². The molecule has 0 radical (unpaired) electrons. The minimum atomic E-state index is 0.911. The molecule has 12 heavy (non-hydrogen) atoms. The molecule has 1 aliphatic carbocycles. The van der Waals surface area contributed by atoms with Crippen molar-refractivity contribution in [3.63, 3.8) is 0 Å². The largest absolute Gasteiger partial charge is 0.298 e. The van der Waals surface area contributed by atoms with E-state index in [0.717, 1.165) is 23.9 Å². The molecule has 0 amide bonds. The highest BCUT2D eigenvalue weighted by Crippen LogP contribution is 2.43. The molecule has 3 fully saturated rings. The predicted octanol–water partition coefficient (Wildman–Crippen LogP) is 2.52. The van der Waals surface area contributed by atoms with Gasteiger partial charge >= 0.3 is 0 Å². The van der Waals surface area contributed by atoms with Gasteiger partial charge in [-0.05, 0) is 37.6 Å². The van der Waals surface area contributed by atoms with E-state index in [-0.39, 0.29) is 0 Å². The van der Waals surface area contributed by atoms with E-state index in [0.29, 0.717) is 0 Å². The van der Waals surface area contributed by atoms with E-state index >= 15 is 0 Å². The molecule has 1 heteroatoms. The summed E-state index contributed by atoms with van der Waals surface area (Å²) >= 11 is 0. The number of nitrogens with zero attached hydrogens (tertiary/aromatic N) is 1. The summed E-state index contributed by atoms with van der Waals surface area (Å²) in [6, 6.07) is 1.92. The van der Waals surface area contributed by atoms with Crippen molar-refractivity contribution in [1.82, 2.24) is 4.90 Å². The molecule has 1 nitrogen and oxygen atoms in total. The highest BCUT2D eigenvalue weighted by atomic mass is 15.3. The lowest BCUT2D eigenvalue weighted by molar-refractivity contribution is -0.0569. The fraction of sp³-hybridized carbons (Fsp3) is 1.00. The lowest BCUT2D eigenvalue weighted by atomic mass is 9.70. The molecule has 2 heterocycles. The van der Waals surface area contributed by atoms with Crippen LogP contribution in [0.4, 0.5) is 0 Å². The monoisotopic (exact) mass is 167 g/mol. The van der Waals surface area contributed by atoms with Crippen molar-refractivity contribution < 1.29 is 0 Å². The Balaban J connectivity index is 1.92. The van der Waals surface area contributed by atoms with E-state index < -0.39 is 0 Å². The van der Waals surface area contributed by atoms with Crippen molar-refractivity contribution in [3.05, 3.63) is 0 Å². The van der Waals surface area contributed by atoms with Gasteiger partial charge < -0.3 is 0 Å². The van der Waals surface area contributed by atoms with Crippen molar-refractivity contribution in [2.24, 2.45) is 11.8 Å². The van der Waals surface area contributed by atoms with Crippen LogP contribution in [0.5, 0.6) is 0 Å². The van der Waals surface area contributed by atoms with E-state index in [4.69, 9.17) is 0 Å². The van der Waals surface area contributed by atoms with Crippen LogP contribution in [-0.2, 0) is 0 Å². The second-order valence-corrected chi connectivity index (χ2v) is 4.85. The molecular weight excluding hydrogens is 146 g/mol. The highest BCUT2D eigenvalue weighted by molar-refractivity contribution is 4.99. The van der Waals surface area contributed by atoms with E-state index in [2.05, 4.69) is 25.7 Å². The first kappa shape index (κ1) is 8.55. The molecule has 0 spiro atoms. The molecule has 0 N–H and O–H groups in total. The van der Waals surface area contributed by atoms with E-state index in [9.17, 15) is 0 Å². The standard InChI is InChI=1S/C11H21N/c1-4-12-10-5-9(8(2)3)6-11(12)7-10/h8-11H,4-7H2,1-3H3. The summed E-state index contributed by atoms with van der Waals surface area (Å²) in [6.07, 6.45) is 4.45. The van der Waals surface area contributed by atoms with Gasteiger partial charge in [0, 0.05) is 12.1 Å². The van der Waals surface area contributed by atoms with Crippen molar-refractivity contribution in [2.75, 3.05) is 6.54 Å². The molecule has 2 aliphatic heterocycles. The molecule has 0 aromatic heterocycles. The third kappa shape index (κ3) is 1.19. The zero-order valence-electron chi connectivity index (χ0n) is 8.59. The Labute approximate surface area is 76.1 Å². The van der Waals surface area contributed by atoms with Gasteiger partial charge in [0.05, 0.1) is 0 Å². The van der Waals surface area contributed by atoms with Gasteiger partial charge in [0.15, 0.2) is 0 Å². The topological polar surface area (TPSA) is 3.24 Å². The first-order valence-corrected chi connectivity index (χ1v) is 5.48. The Morgan fingerprint density at radius 2 is 1.75 bits per heavy atom. The van der Waals surface area contributed by atoms with Crippen LogP contribution in [0, 0.1) is 11.8 Å². The Morgan fingerprint density at radius 3 is 2.17 bits per heavy atom. The molecule has 2 bridgehead atoms. The summed E-state index contributed by atoms with van der Waals surface area (Å²) in [5.74, 6) is 1.94. The summed E-state index contributed by atoms with van der Waals surface area (Å²) in [5.41, 5.74) is 0. The van der Waals surface area contributed by atoms with E-state index in [1.165, 1.54) is 25.8 Å². The molecule has 2 saturated heterocycles. The summed E-state index contributed by atoms with van der Waals surface area (Å²) in [5, 5.41) is 0. The first-order valence-electron chi connectivity index (χ1n) is 5.48. The van der Waals surface area contributed by atoms with Crippen LogP contribution in [0.1, 0.15) is 40.0 Å². The van der Waals surface area contributed by atoms with E-state index in [1.54, 1.807) is 0 Å². The van der Waals surface area contributed by atoms with Gasteiger partial charge in [-0.15, -0.1) is 0 Å². The first-order chi connectivity index (χ1) is 5.72. The highest BCUT2D eigenvalue weighted by Gasteiger charge is 2.44. The maximum atomic E-state index is 2.69. The number of rotatable bonds is 2. The van der Waals surface area contributed by atoms with Crippen LogP contribution in [0.2, 0.25) is 0 Å². The molecule has 1 saturated carbocycles. The van der Waals surface area contributed by atoms with Gasteiger partial charge in [-0.3, -0.25) is 4.90 Å². The van der Waals surface area contributed by atoms with Gasteiger partial charge in [-0.1, -0.05) is 20.8 Å². The third-order valence-electron chi connectivity index (χ3n) is 3.94. The average molecular weight is 167 g/mol. The second kappa shape index (κ2) is 3.02. The van der Waals surface area contributed by atoms with Crippen molar-refractivity contribution >= 4 is 0 Å². The zero-order valence-corrected chi connectivity index (χ0v) is 8.59. The smallest absolute Gasteiger partial charge is 0.0116 e. The number of hydrogen-bond donors (Lipinski definition) is 0. The Morgan fingerprint density at radius 1 is 1.17 bits per heavy atom. The fourth-order valence-electron chi connectivity index (χ4n) is 3.06. The molecule has 3 rings (SSSR count). The van der Waals surface area contributed by atoms with Crippen LogP contribution in [0.3, 0.4) is 0 Å². The van der Waals surface area contributed by atoms with Crippen LogP contribution in [-0.4, -0.2) is 23.5 Å². The van der Waals surface area contributed by atoms with Crippen LogP contribution < -0.4 is 0 Å². The lowest BCUT2D eigenvalue weighted by Gasteiger charge is -2.56. The fourth-order valence-corrected chi connectivity index (χ4v) is 3.06. The summed E-state index contributed by atoms with van der Waals surface area (Å²) < 4.78 is 0.